The number of hydrogen-bond donors (Lipinski definition) is 1. The van der Waals surface area contributed by atoms with Gasteiger partial charge in [0.25, 0.3) is 5.56 Å². The van der Waals surface area contributed by atoms with Crippen LogP contribution in [0.25, 0.3) is 0 Å². The van der Waals surface area contributed by atoms with Gasteiger partial charge >= 0.3 is 46.6 Å². The smallest absolute Gasteiger partial charge is 0.394 e. The Hall–Kier alpha value is -2.63. The van der Waals surface area contributed by atoms with Crippen LogP contribution in [0.5, 0.6) is 0 Å². The zero-order chi connectivity index (χ0) is 21.9. The van der Waals surface area contributed by atoms with Crippen molar-refractivity contribution in [2.75, 3.05) is 6.61 Å². The zero-order valence-corrected chi connectivity index (χ0v) is 17.0. The fourth-order valence-electron chi connectivity index (χ4n) is 1.86. The molecule has 165 valence electrons. The van der Waals surface area contributed by atoms with E-state index in [4.69, 9.17) is 4.74 Å². The molecule has 0 bridgehead atoms. The number of ether oxygens (including phenoxy) is 3. The number of carbonyl (C=O) groups is 4. The summed E-state index contributed by atoms with van der Waals surface area (Å²) in [7, 11) is 0. The molecule has 11 nitrogen and oxygen atoms in total. The van der Waals surface area contributed by atoms with Crippen LogP contribution < -0.4 is 11.2 Å². The number of hydrogen-bond acceptors (Lipinski definition) is 9. The molecule has 13 heteroatoms. The van der Waals surface area contributed by atoms with Crippen molar-refractivity contribution in [2.45, 2.75) is 46.8 Å². The van der Waals surface area contributed by atoms with Gasteiger partial charge < -0.3 is 14.2 Å². The Kier molecular flexibility index (Phi) is 14.2. The maximum atomic E-state index is 12.9. The maximum Gasteiger partial charge on any atom is 2.00 e. The largest absolute Gasteiger partial charge is 2.00 e. The number of nitrogens with one attached hydrogen (secondary N) is 1. The van der Waals surface area contributed by atoms with E-state index in [9.17, 15) is 33.2 Å². The Balaban J connectivity index is 0. The number of carbonyl (C=O) groups excluding carboxylic acids is 4. The van der Waals surface area contributed by atoms with Crippen molar-refractivity contribution in [3.05, 3.63) is 32.9 Å². The normalized spacial score (nSPS) is 14.0. The third kappa shape index (κ3) is 13.2. The topological polar surface area (TPSA) is 151 Å². The molecule has 1 aromatic rings. The first-order valence-electron chi connectivity index (χ1n) is 7.94. The van der Waals surface area contributed by atoms with Gasteiger partial charge in [0, 0.05) is 34.3 Å². The van der Waals surface area contributed by atoms with Gasteiger partial charge in [0.2, 0.25) is 5.82 Å². The SMILES string of the molecule is CC(=O)OC(C)=O.CC(=O)OC(C)=O.O=c1[nH]c(=O)n(C2CCCO2)cc1F.[Cu+2]. The molecule has 1 N–H and O–H groups in total. The average Bonchev–Trinajstić information content (AvgIpc) is 3.03. The Morgan fingerprint density at radius 1 is 1.03 bits per heavy atom. The predicted octanol–water partition coefficient (Wildman–Crippen LogP) is 0.174. The molecule has 1 atom stereocenters. The van der Waals surface area contributed by atoms with E-state index in [1.165, 1.54) is 27.7 Å². The van der Waals surface area contributed by atoms with E-state index in [1.54, 1.807) is 0 Å². The molecule has 0 amide bonds. The van der Waals surface area contributed by atoms with Gasteiger partial charge in [0.15, 0.2) is 0 Å². The van der Waals surface area contributed by atoms with E-state index in [0.717, 1.165) is 17.2 Å². The van der Waals surface area contributed by atoms with Crippen molar-refractivity contribution in [3.8, 4) is 0 Å². The van der Waals surface area contributed by atoms with E-state index in [-0.39, 0.29) is 17.1 Å². The van der Waals surface area contributed by atoms with Gasteiger partial charge in [-0.2, -0.15) is 4.39 Å². The van der Waals surface area contributed by atoms with E-state index in [1.807, 2.05) is 4.98 Å². The molecule has 0 saturated carbocycles. The van der Waals surface area contributed by atoms with Crippen molar-refractivity contribution in [1.29, 1.82) is 0 Å². The summed E-state index contributed by atoms with van der Waals surface area (Å²) in [6, 6.07) is 0. The second kappa shape index (κ2) is 14.4. The summed E-state index contributed by atoms with van der Waals surface area (Å²) < 4.78 is 27.1. The Bertz CT molecular complexity index is 778. The molecule has 1 aliphatic rings. The standard InChI is InChI=1S/C8H9FN2O3.2C4H6O3.Cu/c9-5-4-11(6-2-1-3-14-6)8(13)10-7(5)12;2*1-3(5)7-4(2)6;/h4,6H,1-3H2,(H,10,12,13);2*1-2H3;/q;;;+2. The fourth-order valence-corrected chi connectivity index (χ4v) is 1.86. The van der Waals surface area contributed by atoms with E-state index < -0.39 is 47.2 Å². The number of rotatable bonds is 1. The van der Waals surface area contributed by atoms with Crippen molar-refractivity contribution >= 4 is 23.9 Å². The molecule has 2 heterocycles. The van der Waals surface area contributed by atoms with Gasteiger partial charge in [-0.25, -0.2) is 4.79 Å². The van der Waals surface area contributed by atoms with Crippen LogP contribution >= 0.6 is 0 Å². The number of H-pyrrole nitrogens is 1. The number of aromatic amines is 1. The molecule has 0 aromatic carbocycles. The molecule has 1 saturated heterocycles. The van der Waals surface area contributed by atoms with Gasteiger partial charge in [-0.3, -0.25) is 33.5 Å². The van der Waals surface area contributed by atoms with Gasteiger partial charge in [-0.05, 0) is 12.8 Å². The molecule has 1 radical (unpaired) electrons. The van der Waals surface area contributed by atoms with Crippen molar-refractivity contribution < 1.29 is 54.8 Å². The van der Waals surface area contributed by atoms with Crippen molar-refractivity contribution in [2.24, 2.45) is 0 Å². The first kappa shape index (κ1) is 28.6. The first-order chi connectivity index (χ1) is 12.9. The summed E-state index contributed by atoms with van der Waals surface area (Å²) in [5.41, 5.74) is -1.63. The average molecular weight is 468 g/mol. The van der Waals surface area contributed by atoms with Crippen molar-refractivity contribution in [1.82, 2.24) is 9.55 Å². The number of halogens is 1. The molecule has 0 spiro atoms. The van der Waals surface area contributed by atoms with Crippen LogP contribution in [0, 0.1) is 5.82 Å². The fraction of sp³-hybridized carbons (Fsp3) is 0.500. The summed E-state index contributed by atoms with van der Waals surface area (Å²) in [6.45, 7) is 5.28. The Morgan fingerprint density at radius 3 is 1.79 bits per heavy atom. The van der Waals surface area contributed by atoms with E-state index in [2.05, 4.69) is 9.47 Å². The second-order valence-electron chi connectivity index (χ2n) is 5.28. The van der Waals surface area contributed by atoms with E-state index >= 15 is 0 Å². The summed E-state index contributed by atoms with van der Waals surface area (Å²) >= 11 is 0. The molecule has 1 fully saturated rings. The molecule has 29 heavy (non-hydrogen) atoms. The van der Waals surface area contributed by atoms with Crippen molar-refractivity contribution in [3.63, 3.8) is 0 Å². The predicted molar refractivity (Wildman–Crippen MR) is 90.4 cm³/mol. The van der Waals surface area contributed by atoms with E-state index in [0.29, 0.717) is 13.0 Å². The third-order valence-electron chi connectivity index (χ3n) is 2.72. The van der Waals surface area contributed by atoms with Crippen LogP contribution in [0.4, 0.5) is 4.39 Å². The molecule has 2 rings (SSSR count). The number of nitrogens with zero attached hydrogens (tertiary/aromatic N) is 1. The van der Waals surface area contributed by atoms with Crippen LogP contribution in [0.3, 0.4) is 0 Å². The zero-order valence-electron chi connectivity index (χ0n) is 16.1. The first-order valence-corrected chi connectivity index (χ1v) is 7.94. The number of aromatic nitrogens is 2. The van der Waals surface area contributed by atoms with Gasteiger partial charge in [-0.15, -0.1) is 0 Å². The molecular weight excluding hydrogens is 447 g/mol. The Labute approximate surface area is 175 Å². The number of esters is 4. The quantitative estimate of drug-likeness (QED) is 0.346. The van der Waals surface area contributed by atoms with Gasteiger partial charge in [0.1, 0.15) is 6.23 Å². The summed E-state index contributed by atoms with van der Waals surface area (Å²) in [4.78, 5) is 63.1. The minimum atomic E-state index is -0.996. The summed E-state index contributed by atoms with van der Waals surface area (Å²) in [5, 5.41) is 0. The maximum absolute atomic E-state index is 12.9. The van der Waals surface area contributed by atoms with Crippen LogP contribution in [0.2, 0.25) is 0 Å². The molecule has 1 unspecified atom stereocenters. The third-order valence-corrected chi connectivity index (χ3v) is 2.72. The Morgan fingerprint density at radius 2 is 1.48 bits per heavy atom. The van der Waals surface area contributed by atoms with Gasteiger partial charge in [-0.1, -0.05) is 0 Å². The summed E-state index contributed by atoms with van der Waals surface area (Å²) in [6.07, 6.45) is 1.93. The summed E-state index contributed by atoms with van der Waals surface area (Å²) in [5.74, 6) is -3.22. The van der Waals surface area contributed by atoms with Crippen LogP contribution in [-0.4, -0.2) is 40.0 Å². The van der Waals surface area contributed by atoms with Gasteiger partial charge in [0.05, 0.1) is 6.20 Å². The second-order valence-corrected chi connectivity index (χ2v) is 5.28. The van der Waals surface area contributed by atoms with Crippen LogP contribution in [0.1, 0.15) is 46.8 Å². The van der Waals surface area contributed by atoms with Crippen LogP contribution in [-0.2, 0) is 50.5 Å². The minimum Gasteiger partial charge on any atom is -0.394 e. The minimum absolute atomic E-state index is 0. The molecule has 1 aliphatic heterocycles. The molecule has 1 aromatic heterocycles. The molecular formula is C16H21CuFN2O9+2. The van der Waals surface area contributed by atoms with Crippen LogP contribution in [0.15, 0.2) is 15.8 Å². The molecule has 0 aliphatic carbocycles. The monoisotopic (exact) mass is 467 g/mol.